The van der Waals surface area contributed by atoms with Crippen LogP contribution in [0.15, 0.2) is 18.2 Å². The summed E-state index contributed by atoms with van der Waals surface area (Å²) in [4.78, 5) is 12.3. The Bertz CT molecular complexity index is 487. The fourth-order valence-electron chi connectivity index (χ4n) is 2.84. The van der Waals surface area contributed by atoms with Gasteiger partial charge in [-0.2, -0.15) is 0 Å². The normalized spacial score (nSPS) is 21.9. The predicted molar refractivity (Wildman–Crippen MR) is 82.3 cm³/mol. The minimum atomic E-state index is -0.0175. The molecule has 2 rings (SSSR count). The van der Waals surface area contributed by atoms with Crippen LogP contribution in [0.1, 0.15) is 37.3 Å². The molecule has 4 nitrogen and oxygen atoms in total. The number of amides is 1. The van der Waals surface area contributed by atoms with Crippen LogP contribution in [0.25, 0.3) is 0 Å². The average molecular weight is 291 g/mol. The summed E-state index contributed by atoms with van der Waals surface area (Å²) in [5, 5.41) is 3.03. The van der Waals surface area contributed by atoms with Crippen molar-refractivity contribution in [1.82, 2.24) is 5.32 Å². The van der Waals surface area contributed by atoms with E-state index in [1.807, 2.05) is 25.1 Å². The van der Waals surface area contributed by atoms with Crippen LogP contribution in [0.4, 0.5) is 0 Å². The fourth-order valence-corrected chi connectivity index (χ4v) is 2.84. The van der Waals surface area contributed by atoms with Gasteiger partial charge in [-0.25, -0.2) is 0 Å². The zero-order valence-electron chi connectivity index (χ0n) is 13.1. The second-order valence-corrected chi connectivity index (χ2v) is 5.59. The number of ether oxygens (including phenoxy) is 2. The lowest BCUT2D eigenvalue weighted by molar-refractivity contribution is -0.134. The van der Waals surface area contributed by atoms with E-state index in [4.69, 9.17) is 9.47 Å². The van der Waals surface area contributed by atoms with Crippen LogP contribution in [0.2, 0.25) is 0 Å². The molecule has 0 aromatic heterocycles. The quantitative estimate of drug-likeness (QED) is 0.907. The van der Waals surface area contributed by atoms with Crippen LogP contribution in [0, 0.1) is 12.8 Å². The Morgan fingerprint density at radius 3 is 3.00 bits per heavy atom. The second kappa shape index (κ2) is 7.46. The van der Waals surface area contributed by atoms with Gasteiger partial charge in [-0.3, -0.25) is 4.79 Å². The number of hydrogen-bond acceptors (Lipinski definition) is 3. The van der Waals surface area contributed by atoms with Crippen molar-refractivity contribution in [2.45, 2.75) is 45.8 Å². The SMILES string of the molecule is CC[C@H]1OCCC[C@H]1C(=O)NCc1ccc(C)c(OC)c1. The molecule has 0 spiro atoms. The van der Waals surface area contributed by atoms with E-state index < -0.39 is 0 Å². The number of aryl methyl sites for hydroxylation is 1. The molecule has 1 aliphatic rings. The van der Waals surface area contributed by atoms with Crippen molar-refractivity contribution in [2.24, 2.45) is 5.92 Å². The minimum Gasteiger partial charge on any atom is -0.496 e. The Labute approximate surface area is 126 Å². The molecule has 1 fully saturated rings. The molecule has 2 atom stereocenters. The van der Waals surface area contributed by atoms with Gasteiger partial charge in [0.25, 0.3) is 0 Å². The molecular formula is C17H25NO3. The predicted octanol–water partition coefficient (Wildman–Crippen LogP) is 2.83. The van der Waals surface area contributed by atoms with Crippen molar-refractivity contribution in [3.05, 3.63) is 29.3 Å². The molecule has 21 heavy (non-hydrogen) atoms. The van der Waals surface area contributed by atoms with E-state index in [1.165, 1.54) is 0 Å². The van der Waals surface area contributed by atoms with Gasteiger partial charge in [0.05, 0.1) is 19.1 Å². The summed E-state index contributed by atoms with van der Waals surface area (Å²) >= 11 is 0. The smallest absolute Gasteiger partial charge is 0.225 e. The third-order valence-electron chi connectivity index (χ3n) is 4.12. The Morgan fingerprint density at radius 1 is 1.48 bits per heavy atom. The Hall–Kier alpha value is -1.55. The van der Waals surface area contributed by atoms with Gasteiger partial charge in [0, 0.05) is 13.2 Å². The first-order valence-corrected chi connectivity index (χ1v) is 7.68. The highest BCUT2D eigenvalue weighted by molar-refractivity contribution is 5.79. The molecular weight excluding hydrogens is 266 g/mol. The molecule has 1 N–H and O–H groups in total. The molecule has 116 valence electrons. The van der Waals surface area contributed by atoms with E-state index >= 15 is 0 Å². The zero-order chi connectivity index (χ0) is 15.2. The number of carbonyl (C=O) groups excluding carboxylic acids is 1. The largest absolute Gasteiger partial charge is 0.496 e. The van der Waals surface area contributed by atoms with E-state index in [9.17, 15) is 4.79 Å². The van der Waals surface area contributed by atoms with Crippen LogP contribution in [-0.2, 0) is 16.1 Å². The first kappa shape index (κ1) is 15.8. The summed E-state index contributed by atoms with van der Waals surface area (Å²) < 4.78 is 11.0. The summed E-state index contributed by atoms with van der Waals surface area (Å²) in [6.45, 7) is 5.38. The van der Waals surface area contributed by atoms with Crippen molar-refractivity contribution >= 4 is 5.91 Å². The Balaban J connectivity index is 1.94. The lowest BCUT2D eigenvalue weighted by Crippen LogP contribution is -2.41. The summed E-state index contributed by atoms with van der Waals surface area (Å²) in [5.74, 6) is 0.936. The van der Waals surface area contributed by atoms with Crippen molar-refractivity contribution in [3.63, 3.8) is 0 Å². The molecule has 0 bridgehead atoms. The first-order valence-electron chi connectivity index (χ1n) is 7.68. The second-order valence-electron chi connectivity index (χ2n) is 5.59. The number of rotatable bonds is 5. The van der Waals surface area contributed by atoms with Crippen LogP contribution in [-0.4, -0.2) is 25.7 Å². The van der Waals surface area contributed by atoms with Crippen molar-refractivity contribution in [1.29, 1.82) is 0 Å². The lowest BCUT2D eigenvalue weighted by atomic mass is 9.92. The van der Waals surface area contributed by atoms with Crippen molar-refractivity contribution in [3.8, 4) is 5.75 Å². The summed E-state index contributed by atoms with van der Waals surface area (Å²) in [6, 6.07) is 6.01. The highest BCUT2D eigenvalue weighted by Crippen LogP contribution is 2.24. The van der Waals surface area contributed by atoms with Gasteiger partial charge < -0.3 is 14.8 Å². The Morgan fingerprint density at radius 2 is 2.29 bits per heavy atom. The molecule has 0 saturated carbocycles. The molecule has 1 saturated heterocycles. The topological polar surface area (TPSA) is 47.6 Å². The summed E-state index contributed by atoms with van der Waals surface area (Å²) in [7, 11) is 1.66. The maximum absolute atomic E-state index is 12.3. The van der Waals surface area contributed by atoms with Gasteiger partial charge in [-0.15, -0.1) is 0 Å². The van der Waals surface area contributed by atoms with Crippen LogP contribution in [0.5, 0.6) is 5.75 Å². The van der Waals surface area contributed by atoms with E-state index in [2.05, 4.69) is 12.2 Å². The molecule has 0 radical (unpaired) electrons. The third kappa shape index (κ3) is 3.97. The van der Waals surface area contributed by atoms with Gasteiger partial charge in [-0.05, 0) is 43.4 Å². The summed E-state index contributed by atoms with van der Waals surface area (Å²) in [6.07, 6.45) is 2.83. The number of hydrogen-bond donors (Lipinski definition) is 1. The van der Waals surface area contributed by atoms with Crippen molar-refractivity contribution < 1.29 is 14.3 Å². The lowest BCUT2D eigenvalue weighted by Gasteiger charge is -2.30. The number of carbonyl (C=O) groups is 1. The number of benzene rings is 1. The molecule has 1 heterocycles. The van der Waals surface area contributed by atoms with E-state index in [0.29, 0.717) is 6.54 Å². The molecule has 0 aliphatic carbocycles. The zero-order valence-corrected chi connectivity index (χ0v) is 13.1. The van der Waals surface area contributed by atoms with E-state index in [1.54, 1.807) is 7.11 Å². The van der Waals surface area contributed by atoms with Crippen LogP contribution >= 0.6 is 0 Å². The molecule has 1 aromatic rings. The molecule has 1 amide bonds. The molecule has 1 aliphatic heterocycles. The van der Waals surface area contributed by atoms with Crippen molar-refractivity contribution in [2.75, 3.05) is 13.7 Å². The van der Waals surface area contributed by atoms with Gasteiger partial charge >= 0.3 is 0 Å². The maximum Gasteiger partial charge on any atom is 0.225 e. The molecule has 0 unspecified atom stereocenters. The van der Waals surface area contributed by atoms with E-state index in [-0.39, 0.29) is 17.9 Å². The third-order valence-corrected chi connectivity index (χ3v) is 4.12. The highest BCUT2D eigenvalue weighted by Gasteiger charge is 2.30. The minimum absolute atomic E-state index is 0.0175. The fraction of sp³-hybridized carbons (Fsp3) is 0.588. The van der Waals surface area contributed by atoms with E-state index in [0.717, 1.165) is 42.7 Å². The van der Waals surface area contributed by atoms with Gasteiger partial charge in [0.2, 0.25) is 5.91 Å². The van der Waals surface area contributed by atoms with Gasteiger partial charge in [-0.1, -0.05) is 19.1 Å². The van der Waals surface area contributed by atoms with Crippen LogP contribution < -0.4 is 10.1 Å². The summed E-state index contributed by atoms with van der Waals surface area (Å²) in [5.41, 5.74) is 2.15. The molecule has 4 heteroatoms. The maximum atomic E-state index is 12.3. The first-order chi connectivity index (χ1) is 10.2. The van der Waals surface area contributed by atoms with Crippen LogP contribution in [0.3, 0.4) is 0 Å². The number of methoxy groups -OCH3 is 1. The highest BCUT2D eigenvalue weighted by atomic mass is 16.5. The monoisotopic (exact) mass is 291 g/mol. The number of nitrogens with one attached hydrogen (secondary N) is 1. The van der Waals surface area contributed by atoms with Gasteiger partial charge in [0.15, 0.2) is 0 Å². The molecule has 1 aromatic carbocycles. The Kier molecular flexibility index (Phi) is 5.62. The average Bonchev–Trinajstić information content (AvgIpc) is 2.53. The van der Waals surface area contributed by atoms with Gasteiger partial charge in [0.1, 0.15) is 5.75 Å². The standard InChI is InChI=1S/C17H25NO3/c1-4-15-14(6-5-9-21-15)17(19)18-11-13-8-7-12(2)16(10-13)20-3/h7-8,10,14-15H,4-6,9,11H2,1-3H3,(H,18,19)/t14-,15-/m1/s1.